The van der Waals surface area contributed by atoms with E-state index < -0.39 is 17.7 Å². The van der Waals surface area contributed by atoms with E-state index in [4.69, 9.17) is 27.9 Å². The molecule has 7 heteroatoms. The number of hydrogen-bond acceptors (Lipinski definition) is 4. The maximum atomic E-state index is 12.9. The molecular weight excluding hydrogens is 437 g/mol. The average Bonchev–Trinajstić information content (AvgIpc) is 2.99. The lowest BCUT2D eigenvalue weighted by atomic mass is 9.95. The van der Waals surface area contributed by atoms with Gasteiger partial charge < -0.3 is 14.7 Å². The second-order valence-electron chi connectivity index (χ2n) is 7.90. The number of aliphatic hydroxyl groups is 1. The molecule has 3 rings (SSSR count). The first-order valence-electron chi connectivity index (χ1n) is 10.2. The molecule has 1 aliphatic heterocycles. The lowest BCUT2D eigenvalue weighted by Gasteiger charge is -2.25. The van der Waals surface area contributed by atoms with E-state index in [0.29, 0.717) is 52.4 Å². The number of carbonyl (C=O) groups is 2. The van der Waals surface area contributed by atoms with Gasteiger partial charge in [-0.3, -0.25) is 9.59 Å². The van der Waals surface area contributed by atoms with Crippen LogP contribution < -0.4 is 4.74 Å². The highest BCUT2D eigenvalue weighted by Gasteiger charge is 2.45. The van der Waals surface area contributed by atoms with E-state index in [1.54, 1.807) is 42.5 Å². The molecule has 164 valence electrons. The average molecular weight is 462 g/mol. The van der Waals surface area contributed by atoms with Crippen molar-refractivity contribution < 1.29 is 19.4 Å². The van der Waals surface area contributed by atoms with Crippen LogP contribution in [0, 0.1) is 5.92 Å². The molecule has 5 nitrogen and oxygen atoms in total. The Hall–Kier alpha value is -2.50. The second-order valence-corrected chi connectivity index (χ2v) is 8.71. The third-order valence-corrected chi connectivity index (χ3v) is 5.69. The largest absolute Gasteiger partial charge is 0.507 e. The van der Waals surface area contributed by atoms with Gasteiger partial charge in [-0.25, -0.2) is 0 Å². The summed E-state index contributed by atoms with van der Waals surface area (Å²) >= 11 is 12.3. The number of rotatable bonds is 7. The molecule has 0 aromatic heterocycles. The van der Waals surface area contributed by atoms with E-state index in [1.807, 2.05) is 20.8 Å². The van der Waals surface area contributed by atoms with Crippen molar-refractivity contribution in [3.63, 3.8) is 0 Å². The summed E-state index contributed by atoms with van der Waals surface area (Å²) in [5.41, 5.74) is 1.04. The van der Waals surface area contributed by atoms with Crippen molar-refractivity contribution in [3.05, 3.63) is 69.2 Å². The number of amides is 1. The molecule has 1 unspecified atom stereocenters. The van der Waals surface area contributed by atoms with Crippen molar-refractivity contribution >= 4 is 40.7 Å². The first kappa shape index (κ1) is 23.2. The van der Waals surface area contributed by atoms with Crippen LogP contribution in [0.4, 0.5) is 0 Å². The zero-order chi connectivity index (χ0) is 22.7. The van der Waals surface area contributed by atoms with Crippen LogP contribution in [0.3, 0.4) is 0 Å². The predicted molar refractivity (Wildman–Crippen MR) is 123 cm³/mol. The number of halogens is 2. The van der Waals surface area contributed by atoms with Gasteiger partial charge in [-0.05, 0) is 42.2 Å². The van der Waals surface area contributed by atoms with Gasteiger partial charge in [-0.15, -0.1) is 0 Å². The van der Waals surface area contributed by atoms with Crippen LogP contribution in [0.25, 0.3) is 5.76 Å². The molecule has 1 atom stereocenters. The fourth-order valence-corrected chi connectivity index (χ4v) is 3.84. The number of nitrogens with zero attached hydrogens (tertiary/aromatic N) is 1. The number of aliphatic hydroxyl groups excluding tert-OH is 1. The third-order valence-electron chi connectivity index (χ3n) is 4.95. The highest BCUT2D eigenvalue weighted by molar-refractivity contribution is 6.46. The standard InChI is InChI=1S/C24H25Cl2NO4/c1-4-10-27-21(15-8-9-18(25)19(26)12-15)20(23(29)24(27)30)22(28)16-6-5-7-17(11-16)31-13-14(2)3/h5-9,11-12,14,21,28H,4,10,13H2,1-3H3/b22-20-. The van der Waals surface area contributed by atoms with Crippen LogP contribution >= 0.6 is 23.2 Å². The number of benzene rings is 2. The van der Waals surface area contributed by atoms with E-state index in [1.165, 1.54) is 4.90 Å². The summed E-state index contributed by atoms with van der Waals surface area (Å²) in [5, 5.41) is 11.8. The minimum absolute atomic E-state index is 0.0258. The molecule has 1 heterocycles. The fourth-order valence-electron chi connectivity index (χ4n) is 3.53. The lowest BCUT2D eigenvalue weighted by molar-refractivity contribution is -0.139. The van der Waals surface area contributed by atoms with Gasteiger partial charge in [0.05, 0.1) is 28.3 Å². The number of ether oxygens (including phenoxy) is 1. The molecule has 0 spiro atoms. The van der Waals surface area contributed by atoms with Crippen LogP contribution in [0.5, 0.6) is 5.75 Å². The summed E-state index contributed by atoms with van der Waals surface area (Å²) in [5.74, 6) is -0.705. The summed E-state index contributed by atoms with van der Waals surface area (Å²) in [6.45, 7) is 6.88. The van der Waals surface area contributed by atoms with Crippen molar-refractivity contribution in [1.82, 2.24) is 4.90 Å². The van der Waals surface area contributed by atoms with Crippen LogP contribution in [0.1, 0.15) is 44.4 Å². The van der Waals surface area contributed by atoms with E-state index in [-0.39, 0.29) is 11.3 Å². The highest BCUT2D eigenvalue weighted by Crippen LogP contribution is 2.41. The zero-order valence-corrected chi connectivity index (χ0v) is 19.2. The third kappa shape index (κ3) is 4.89. The van der Waals surface area contributed by atoms with Gasteiger partial charge in [0.1, 0.15) is 11.5 Å². The van der Waals surface area contributed by atoms with E-state index >= 15 is 0 Å². The smallest absolute Gasteiger partial charge is 0.295 e. The molecule has 1 fully saturated rings. The van der Waals surface area contributed by atoms with Crippen molar-refractivity contribution in [2.75, 3.05) is 13.2 Å². The molecule has 2 aromatic carbocycles. The van der Waals surface area contributed by atoms with Gasteiger partial charge in [0.15, 0.2) is 0 Å². The molecule has 1 N–H and O–H groups in total. The summed E-state index contributed by atoms with van der Waals surface area (Å²) < 4.78 is 5.74. The van der Waals surface area contributed by atoms with Gasteiger partial charge in [-0.2, -0.15) is 0 Å². The van der Waals surface area contributed by atoms with Gasteiger partial charge in [0.25, 0.3) is 11.7 Å². The first-order chi connectivity index (χ1) is 14.7. The summed E-state index contributed by atoms with van der Waals surface area (Å²) in [7, 11) is 0. The van der Waals surface area contributed by atoms with Crippen LogP contribution in [-0.4, -0.2) is 34.8 Å². The number of hydrogen-bond donors (Lipinski definition) is 1. The number of Topliss-reactive ketones (excluding diaryl/α,β-unsaturated/α-hetero) is 1. The summed E-state index contributed by atoms with van der Waals surface area (Å²) in [6.07, 6.45) is 0.656. The van der Waals surface area contributed by atoms with Crippen LogP contribution in [0.15, 0.2) is 48.0 Å². The topological polar surface area (TPSA) is 66.8 Å². The number of ketones is 1. The Morgan fingerprint density at radius 3 is 2.52 bits per heavy atom. The van der Waals surface area contributed by atoms with Gasteiger partial charge in [0, 0.05) is 12.1 Å². The Morgan fingerprint density at radius 2 is 1.87 bits per heavy atom. The number of carbonyl (C=O) groups excluding carboxylic acids is 2. The molecule has 1 aliphatic rings. The normalized spacial score (nSPS) is 18.1. The molecule has 2 aromatic rings. The first-order valence-corrected chi connectivity index (χ1v) is 11.0. The zero-order valence-electron chi connectivity index (χ0n) is 17.7. The Bertz CT molecular complexity index is 1030. The molecular formula is C24H25Cl2NO4. The monoisotopic (exact) mass is 461 g/mol. The molecule has 0 radical (unpaired) electrons. The molecule has 0 bridgehead atoms. The van der Waals surface area contributed by atoms with Crippen molar-refractivity contribution in [1.29, 1.82) is 0 Å². The maximum Gasteiger partial charge on any atom is 0.295 e. The van der Waals surface area contributed by atoms with Crippen LogP contribution in [0.2, 0.25) is 10.0 Å². The Labute approximate surface area is 192 Å². The Kier molecular flexibility index (Phi) is 7.29. The molecule has 31 heavy (non-hydrogen) atoms. The molecule has 0 saturated carbocycles. The summed E-state index contributed by atoms with van der Waals surface area (Å²) in [4.78, 5) is 27.2. The Morgan fingerprint density at radius 1 is 1.13 bits per heavy atom. The SMILES string of the molecule is CCCN1C(=O)C(=O)/C(=C(\O)c2cccc(OCC(C)C)c2)C1c1ccc(Cl)c(Cl)c1. The quantitative estimate of drug-likeness (QED) is 0.318. The minimum atomic E-state index is -0.755. The van der Waals surface area contributed by atoms with Crippen molar-refractivity contribution in [3.8, 4) is 5.75 Å². The predicted octanol–water partition coefficient (Wildman–Crippen LogP) is 5.86. The van der Waals surface area contributed by atoms with Crippen LogP contribution in [-0.2, 0) is 9.59 Å². The molecule has 1 saturated heterocycles. The van der Waals surface area contributed by atoms with E-state index in [0.717, 1.165) is 0 Å². The van der Waals surface area contributed by atoms with Gasteiger partial charge in [-0.1, -0.05) is 62.2 Å². The van der Waals surface area contributed by atoms with Gasteiger partial charge >= 0.3 is 0 Å². The number of likely N-dealkylation sites (tertiary alicyclic amines) is 1. The highest BCUT2D eigenvalue weighted by atomic mass is 35.5. The molecule has 1 amide bonds. The van der Waals surface area contributed by atoms with Crippen molar-refractivity contribution in [2.45, 2.75) is 33.2 Å². The lowest BCUT2D eigenvalue weighted by Crippen LogP contribution is -2.30. The molecule has 0 aliphatic carbocycles. The van der Waals surface area contributed by atoms with Gasteiger partial charge in [0.2, 0.25) is 0 Å². The second kappa shape index (κ2) is 9.75. The van der Waals surface area contributed by atoms with E-state index in [9.17, 15) is 14.7 Å². The van der Waals surface area contributed by atoms with E-state index in [2.05, 4.69) is 0 Å². The minimum Gasteiger partial charge on any atom is -0.507 e. The fraction of sp³-hybridized carbons (Fsp3) is 0.333. The maximum absolute atomic E-state index is 12.9. The Balaban J connectivity index is 2.11. The van der Waals surface area contributed by atoms with Crippen molar-refractivity contribution in [2.24, 2.45) is 5.92 Å². The summed E-state index contributed by atoms with van der Waals surface area (Å²) in [6, 6.07) is 11.1.